The maximum absolute atomic E-state index is 13.7. The van der Waals surface area contributed by atoms with Gasteiger partial charge in [0, 0.05) is 19.6 Å². The summed E-state index contributed by atoms with van der Waals surface area (Å²) in [5, 5.41) is 19.6. The predicted octanol–water partition coefficient (Wildman–Crippen LogP) is 2.75. The minimum atomic E-state index is -0.667. The predicted molar refractivity (Wildman–Crippen MR) is 94.3 cm³/mol. The molecule has 1 aliphatic heterocycles. The number of fused-ring (bicyclic) bond motifs is 1. The molecular formula is C20H23FN2O3. The Bertz CT molecular complexity index is 741. The van der Waals surface area contributed by atoms with Gasteiger partial charge in [0.15, 0.2) is 11.6 Å². The first-order valence-corrected chi connectivity index (χ1v) is 9.05. The number of β-amino-alcohol motifs (C(OH)–C–C–N with tert-alkyl or cyclic N) is 1. The molecule has 1 aliphatic carbocycles. The van der Waals surface area contributed by atoms with E-state index in [0.717, 1.165) is 25.9 Å². The van der Waals surface area contributed by atoms with Gasteiger partial charge in [0.2, 0.25) is 0 Å². The molecule has 2 aliphatic rings. The molecule has 0 bridgehead atoms. The van der Waals surface area contributed by atoms with Gasteiger partial charge >= 0.3 is 0 Å². The van der Waals surface area contributed by atoms with Gasteiger partial charge in [0.1, 0.15) is 11.9 Å². The van der Waals surface area contributed by atoms with E-state index in [1.54, 1.807) is 24.3 Å². The van der Waals surface area contributed by atoms with Crippen LogP contribution in [0, 0.1) is 17.7 Å². The van der Waals surface area contributed by atoms with Crippen LogP contribution < -0.4 is 4.74 Å². The summed E-state index contributed by atoms with van der Waals surface area (Å²) in [5.74, 6) is 1.16. The number of aromatic nitrogens is 1. The second kappa shape index (κ2) is 7.21. The van der Waals surface area contributed by atoms with E-state index in [2.05, 4.69) is 9.88 Å². The Hall–Kier alpha value is -2.18. The van der Waals surface area contributed by atoms with Crippen LogP contribution in [0.5, 0.6) is 11.5 Å². The minimum absolute atomic E-state index is 0.0627. The number of hydrogen-bond donors (Lipinski definition) is 2. The lowest BCUT2D eigenvalue weighted by Crippen LogP contribution is -2.29. The largest absolute Gasteiger partial charge is 0.506 e. The number of aliphatic hydroxyl groups excluding tert-OH is 1. The zero-order valence-corrected chi connectivity index (χ0v) is 14.5. The summed E-state index contributed by atoms with van der Waals surface area (Å²) in [7, 11) is 0. The number of aliphatic hydroxyl groups is 1. The number of benzene rings is 1. The molecule has 0 radical (unpaired) electrons. The fraction of sp³-hybridized carbons (Fsp3) is 0.450. The Morgan fingerprint density at radius 2 is 1.88 bits per heavy atom. The standard InChI is InChI=1S/C20H23FN2O3/c21-17-3-1-2-4-20(17)26-16-7-13-10-23(11-14(13)8-16)12-19(25)18-6-5-15(24)9-22-18/h1-6,9,13-14,16,19,24-25H,7-8,10-12H2/t13-,14+,16-,19?. The van der Waals surface area contributed by atoms with Gasteiger partial charge in [-0.15, -0.1) is 0 Å². The number of halogens is 1. The van der Waals surface area contributed by atoms with E-state index >= 15 is 0 Å². The number of ether oxygens (including phenoxy) is 1. The molecule has 1 aromatic carbocycles. The van der Waals surface area contributed by atoms with Gasteiger partial charge < -0.3 is 14.9 Å². The van der Waals surface area contributed by atoms with Gasteiger partial charge in [-0.25, -0.2) is 4.39 Å². The fourth-order valence-corrected chi connectivity index (χ4v) is 4.24. The quantitative estimate of drug-likeness (QED) is 0.860. The summed E-state index contributed by atoms with van der Waals surface area (Å²) in [6, 6.07) is 9.73. The third-order valence-electron chi connectivity index (χ3n) is 5.46. The second-order valence-electron chi connectivity index (χ2n) is 7.34. The van der Waals surface area contributed by atoms with E-state index in [-0.39, 0.29) is 17.7 Å². The van der Waals surface area contributed by atoms with Gasteiger partial charge in [-0.2, -0.15) is 0 Å². The first-order valence-electron chi connectivity index (χ1n) is 9.05. The Kier molecular flexibility index (Phi) is 4.78. The van der Waals surface area contributed by atoms with Crippen LogP contribution >= 0.6 is 0 Å². The van der Waals surface area contributed by atoms with Gasteiger partial charge in [-0.1, -0.05) is 12.1 Å². The Balaban J connectivity index is 1.29. The van der Waals surface area contributed by atoms with Crippen molar-refractivity contribution in [3.05, 3.63) is 54.1 Å². The van der Waals surface area contributed by atoms with E-state index in [1.165, 1.54) is 18.3 Å². The minimum Gasteiger partial charge on any atom is -0.506 e. The number of pyridine rings is 1. The Morgan fingerprint density at radius 3 is 2.54 bits per heavy atom. The molecule has 1 saturated carbocycles. The number of hydrogen-bond acceptors (Lipinski definition) is 5. The van der Waals surface area contributed by atoms with Crippen LogP contribution in [0.4, 0.5) is 4.39 Å². The molecule has 1 unspecified atom stereocenters. The van der Waals surface area contributed by atoms with Gasteiger partial charge in [-0.3, -0.25) is 9.88 Å². The van der Waals surface area contributed by atoms with Crippen molar-refractivity contribution >= 4 is 0 Å². The molecular weight excluding hydrogens is 335 g/mol. The summed E-state index contributed by atoms with van der Waals surface area (Å²) in [5.41, 5.74) is 0.570. The highest BCUT2D eigenvalue weighted by molar-refractivity contribution is 5.24. The van der Waals surface area contributed by atoms with Crippen molar-refractivity contribution in [2.24, 2.45) is 11.8 Å². The lowest BCUT2D eigenvalue weighted by atomic mass is 10.0. The molecule has 1 saturated heterocycles. The third kappa shape index (κ3) is 3.66. The summed E-state index contributed by atoms with van der Waals surface area (Å²) in [6.07, 6.45) is 2.58. The smallest absolute Gasteiger partial charge is 0.165 e. The van der Waals surface area contributed by atoms with Crippen molar-refractivity contribution in [3.63, 3.8) is 0 Å². The number of para-hydroxylation sites is 1. The van der Waals surface area contributed by atoms with E-state index in [9.17, 15) is 14.6 Å². The lowest BCUT2D eigenvalue weighted by molar-refractivity contribution is 0.112. The van der Waals surface area contributed by atoms with Crippen LogP contribution in [0.1, 0.15) is 24.6 Å². The SMILES string of the molecule is Oc1ccc(C(O)CN2C[C@H]3C[C@@H](Oc4ccccc4F)C[C@H]3C2)nc1. The topological polar surface area (TPSA) is 65.8 Å². The first-order chi connectivity index (χ1) is 12.6. The van der Waals surface area contributed by atoms with Crippen LogP contribution in [0.25, 0.3) is 0 Å². The summed E-state index contributed by atoms with van der Waals surface area (Å²) < 4.78 is 19.6. The van der Waals surface area contributed by atoms with Gasteiger partial charge in [-0.05, 0) is 48.9 Å². The second-order valence-corrected chi connectivity index (χ2v) is 7.34. The number of rotatable bonds is 5. The van der Waals surface area contributed by atoms with Crippen LogP contribution in [-0.4, -0.2) is 45.8 Å². The first kappa shape index (κ1) is 17.2. The summed E-state index contributed by atoms with van der Waals surface area (Å²) in [4.78, 5) is 6.34. The van der Waals surface area contributed by atoms with Crippen LogP contribution in [0.2, 0.25) is 0 Å². The monoisotopic (exact) mass is 358 g/mol. The average molecular weight is 358 g/mol. The van der Waals surface area contributed by atoms with E-state index < -0.39 is 6.10 Å². The van der Waals surface area contributed by atoms with E-state index in [1.807, 2.05) is 0 Å². The van der Waals surface area contributed by atoms with Crippen molar-refractivity contribution in [1.29, 1.82) is 0 Å². The van der Waals surface area contributed by atoms with Crippen molar-refractivity contribution < 1.29 is 19.3 Å². The molecule has 6 heteroatoms. The Labute approximate surface area is 152 Å². The molecule has 0 spiro atoms. The number of aromatic hydroxyl groups is 1. The molecule has 4 rings (SSSR count). The molecule has 1 aromatic heterocycles. The number of nitrogens with zero attached hydrogens (tertiary/aromatic N) is 2. The van der Waals surface area contributed by atoms with Crippen LogP contribution in [-0.2, 0) is 0 Å². The van der Waals surface area contributed by atoms with Crippen LogP contribution in [0.3, 0.4) is 0 Å². The highest BCUT2D eigenvalue weighted by Crippen LogP contribution is 2.40. The number of likely N-dealkylation sites (tertiary alicyclic amines) is 1. The molecule has 0 amide bonds. The zero-order valence-electron chi connectivity index (χ0n) is 14.5. The van der Waals surface area contributed by atoms with E-state index in [4.69, 9.17) is 4.74 Å². The summed E-state index contributed by atoms with van der Waals surface area (Å²) in [6.45, 7) is 2.36. The van der Waals surface area contributed by atoms with Gasteiger partial charge in [0.25, 0.3) is 0 Å². The van der Waals surface area contributed by atoms with Crippen molar-refractivity contribution in [2.45, 2.75) is 25.0 Å². The maximum atomic E-state index is 13.7. The highest BCUT2D eigenvalue weighted by Gasteiger charge is 2.42. The third-order valence-corrected chi connectivity index (χ3v) is 5.46. The average Bonchev–Trinajstić information content (AvgIpc) is 3.15. The van der Waals surface area contributed by atoms with Crippen molar-refractivity contribution in [2.75, 3.05) is 19.6 Å². The zero-order chi connectivity index (χ0) is 18.1. The molecule has 2 heterocycles. The molecule has 138 valence electrons. The van der Waals surface area contributed by atoms with Gasteiger partial charge in [0.05, 0.1) is 18.0 Å². The fourth-order valence-electron chi connectivity index (χ4n) is 4.24. The molecule has 2 aromatic rings. The Morgan fingerprint density at radius 1 is 1.15 bits per heavy atom. The van der Waals surface area contributed by atoms with Crippen molar-refractivity contribution in [1.82, 2.24) is 9.88 Å². The normalized spacial score (nSPS) is 26.6. The molecule has 2 fully saturated rings. The molecule has 2 N–H and O–H groups in total. The lowest BCUT2D eigenvalue weighted by Gasteiger charge is -2.22. The van der Waals surface area contributed by atoms with Crippen LogP contribution in [0.15, 0.2) is 42.6 Å². The molecule has 26 heavy (non-hydrogen) atoms. The molecule has 4 atom stereocenters. The maximum Gasteiger partial charge on any atom is 0.165 e. The van der Waals surface area contributed by atoms with E-state index in [0.29, 0.717) is 29.8 Å². The molecule has 5 nitrogen and oxygen atoms in total. The highest BCUT2D eigenvalue weighted by atomic mass is 19.1. The van der Waals surface area contributed by atoms with Crippen molar-refractivity contribution in [3.8, 4) is 11.5 Å². The summed E-state index contributed by atoms with van der Waals surface area (Å²) >= 11 is 0.